The highest BCUT2D eigenvalue weighted by Gasteiger charge is 2.33. The molecule has 8 heteroatoms. The molecule has 0 aromatic rings. The van der Waals surface area contributed by atoms with E-state index in [2.05, 4.69) is 0 Å². The number of rotatable bonds is 6. The van der Waals surface area contributed by atoms with Crippen molar-refractivity contribution in [2.45, 2.75) is 20.3 Å². The maximum absolute atomic E-state index is 11.9. The summed E-state index contributed by atoms with van der Waals surface area (Å²) >= 11 is 0. The van der Waals surface area contributed by atoms with Gasteiger partial charge in [0.15, 0.2) is 0 Å². The normalized spacial score (nSPS) is 19.3. The van der Waals surface area contributed by atoms with E-state index in [4.69, 9.17) is 22.4 Å². The zero-order chi connectivity index (χ0) is 11.1. The van der Waals surface area contributed by atoms with Crippen molar-refractivity contribution in [3.05, 3.63) is 0 Å². The van der Waals surface area contributed by atoms with Gasteiger partial charge in [-0.05, 0) is 20.3 Å². The van der Waals surface area contributed by atoms with Crippen LogP contribution in [0.3, 0.4) is 0 Å². The first-order valence-electron chi connectivity index (χ1n) is 4.85. The third-order valence-corrected chi connectivity index (χ3v) is 4.69. The zero-order valence-electron chi connectivity index (χ0n) is 8.88. The Kier molecular flexibility index (Phi) is 6.24. The second-order valence-electron chi connectivity index (χ2n) is 2.61. The van der Waals surface area contributed by atoms with Crippen molar-refractivity contribution in [3.8, 4) is 0 Å². The highest BCUT2D eigenvalue weighted by Crippen LogP contribution is 2.62. The molecule has 1 heterocycles. The molecule has 1 aliphatic heterocycles. The molecule has 1 fully saturated rings. The van der Waals surface area contributed by atoms with Gasteiger partial charge in [0.2, 0.25) is 0 Å². The highest BCUT2D eigenvalue weighted by atomic mass is 31.3. The molecule has 0 bridgehead atoms. The average Bonchev–Trinajstić information content (AvgIpc) is 2.19. The standard InChI is InChI=1S/C7H16O6P2/c1-3-11-15(8,12-4-2)13-14-9-6-5-7-10-14/h3-7H2,1-2H3. The number of hydrogen-bond acceptors (Lipinski definition) is 6. The van der Waals surface area contributed by atoms with E-state index in [0.717, 1.165) is 6.42 Å². The van der Waals surface area contributed by atoms with Gasteiger partial charge in [-0.1, -0.05) is 0 Å². The molecule has 0 atom stereocenters. The van der Waals surface area contributed by atoms with Crippen molar-refractivity contribution in [3.63, 3.8) is 0 Å². The van der Waals surface area contributed by atoms with Gasteiger partial charge >= 0.3 is 16.4 Å². The van der Waals surface area contributed by atoms with E-state index in [1.807, 2.05) is 0 Å². The molecule has 0 unspecified atom stereocenters. The number of hydrogen-bond donors (Lipinski definition) is 0. The molecule has 1 saturated heterocycles. The lowest BCUT2D eigenvalue weighted by Crippen LogP contribution is -2.07. The van der Waals surface area contributed by atoms with Crippen LogP contribution in [-0.4, -0.2) is 26.4 Å². The first-order chi connectivity index (χ1) is 7.20. The largest absolute Gasteiger partial charge is 0.481 e. The van der Waals surface area contributed by atoms with E-state index in [1.165, 1.54) is 0 Å². The van der Waals surface area contributed by atoms with Gasteiger partial charge in [0.25, 0.3) is 0 Å². The van der Waals surface area contributed by atoms with Crippen LogP contribution < -0.4 is 0 Å². The van der Waals surface area contributed by atoms with Crippen LogP contribution in [0, 0.1) is 0 Å². The SMILES string of the molecule is CCOP(=O)(OCC)OP1OCCCO1. The van der Waals surface area contributed by atoms with Gasteiger partial charge in [-0.25, -0.2) is 8.88 Å². The van der Waals surface area contributed by atoms with Crippen molar-refractivity contribution in [2.75, 3.05) is 26.4 Å². The van der Waals surface area contributed by atoms with Crippen molar-refractivity contribution in [1.82, 2.24) is 0 Å². The zero-order valence-corrected chi connectivity index (χ0v) is 10.7. The van der Waals surface area contributed by atoms with Gasteiger partial charge in [0.05, 0.1) is 26.4 Å². The summed E-state index contributed by atoms with van der Waals surface area (Å²) in [5.41, 5.74) is 0. The lowest BCUT2D eigenvalue weighted by atomic mass is 10.5. The molecule has 0 N–H and O–H groups in total. The van der Waals surface area contributed by atoms with E-state index < -0.39 is 16.4 Å². The smallest absolute Gasteiger partial charge is 0.312 e. The van der Waals surface area contributed by atoms with Crippen molar-refractivity contribution in [2.24, 2.45) is 0 Å². The second kappa shape index (κ2) is 6.92. The summed E-state index contributed by atoms with van der Waals surface area (Å²) < 4.78 is 37.2. The molecule has 1 aliphatic rings. The monoisotopic (exact) mass is 258 g/mol. The minimum absolute atomic E-state index is 0.250. The third-order valence-electron chi connectivity index (χ3n) is 1.42. The summed E-state index contributed by atoms with van der Waals surface area (Å²) in [7, 11) is -5.10. The third kappa shape index (κ3) is 4.87. The molecular weight excluding hydrogens is 242 g/mol. The Morgan fingerprint density at radius 3 is 2.20 bits per heavy atom. The molecule has 0 aromatic heterocycles. The summed E-state index contributed by atoms with van der Waals surface area (Å²) in [5.74, 6) is 0. The minimum Gasteiger partial charge on any atom is -0.312 e. The average molecular weight is 258 g/mol. The summed E-state index contributed by atoms with van der Waals surface area (Å²) in [4.78, 5) is 0. The molecule has 0 spiro atoms. The Labute approximate surface area is 90.8 Å². The molecular formula is C7H16O6P2. The van der Waals surface area contributed by atoms with Gasteiger partial charge in [0.1, 0.15) is 0 Å². The maximum atomic E-state index is 11.9. The van der Waals surface area contributed by atoms with E-state index in [-0.39, 0.29) is 13.2 Å². The molecule has 90 valence electrons. The summed E-state index contributed by atoms with van der Waals surface area (Å²) in [6, 6.07) is 0. The van der Waals surface area contributed by atoms with E-state index in [9.17, 15) is 4.57 Å². The Balaban J connectivity index is 2.45. The molecule has 0 radical (unpaired) electrons. The van der Waals surface area contributed by atoms with E-state index >= 15 is 0 Å². The number of phosphoric acid groups is 1. The van der Waals surface area contributed by atoms with Gasteiger partial charge in [-0.15, -0.1) is 0 Å². The summed E-state index contributed by atoms with van der Waals surface area (Å²) in [6.45, 7) is 5.02. The lowest BCUT2D eigenvalue weighted by molar-refractivity contribution is 0.115. The first-order valence-corrected chi connectivity index (χ1v) is 7.40. The van der Waals surface area contributed by atoms with Gasteiger partial charge in [-0.2, -0.15) is 0 Å². The Hall–Kier alpha value is 0.460. The molecule has 6 nitrogen and oxygen atoms in total. The van der Waals surface area contributed by atoms with Crippen LogP contribution in [-0.2, 0) is 27.0 Å². The Bertz CT molecular complexity index is 208. The summed E-state index contributed by atoms with van der Waals surface area (Å²) in [5, 5.41) is 0. The maximum Gasteiger partial charge on any atom is 0.481 e. The number of phosphoric ester groups is 1. The fraction of sp³-hybridized carbons (Fsp3) is 1.00. The van der Waals surface area contributed by atoms with Crippen molar-refractivity contribution >= 4 is 16.4 Å². The van der Waals surface area contributed by atoms with Crippen LogP contribution in [0.25, 0.3) is 0 Å². The van der Waals surface area contributed by atoms with Gasteiger partial charge in [0, 0.05) is 0 Å². The van der Waals surface area contributed by atoms with Gasteiger partial charge < -0.3 is 9.05 Å². The van der Waals surface area contributed by atoms with Crippen LogP contribution in [0.15, 0.2) is 0 Å². The molecule has 0 saturated carbocycles. The minimum atomic E-state index is -3.51. The van der Waals surface area contributed by atoms with E-state index in [1.54, 1.807) is 13.8 Å². The molecule has 0 aromatic carbocycles. The van der Waals surface area contributed by atoms with Crippen LogP contribution >= 0.6 is 16.4 Å². The predicted octanol–water partition coefficient (Wildman–Crippen LogP) is 2.85. The second-order valence-corrected chi connectivity index (χ2v) is 5.64. The van der Waals surface area contributed by atoms with Crippen LogP contribution in [0.1, 0.15) is 20.3 Å². The Morgan fingerprint density at radius 2 is 1.73 bits per heavy atom. The van der Waals surface area contributed by atoms with Crippen LogP contribution in [0.4, 0.5) is 0 Å². The quantitative estimate of drug-likeness (QED) is 0.682. The lowest BCUT2D eigenvalue weighted by Gasteiger charge is -2.24. The molecule has 0 aliphatic carbocycles. The first kappa shape index (κ1) is 13.5. The summed E-state index contributed by atoms with van der Waals surface area (Å²) in [6.07, 6.45) is 0.815. The molecule has 0 amide bonds. The predicted molar refractivity (Wildman–Crippen MR) is 55.4 cm³/mol. The van der Waals surface area contributed by atoms with Gasteiger partial charge in [-0.3, -0.25) is 9.05 Å². The molecule has 15 heavy (non-hydrogen) atoms. The molecule has 1 rings (SSSR count). The highest BCUT2D eigenvalue weighted by molar-refractivity contribution is 7.59. The van der Waals surface area contributed by atoms with Crippen molar-refractivity contribution in [1.29, 1.82) is 0 Å². The fourth-order valence-electron chi connectivity index (χ4n) is 0.904. The van der Waals surface area contributed by atoms with E-state index in [0.29, 0.717) is 13.2 Å². The van der Waals surface area contributed by atoms with Crippen molar-refractivity contribution < 1.29 is 27.0 Å². The Morgan fingerprint density at radius 1 is 1.20 bits per heavy atom. The van der Waals surface area contributed by atoms with Crippen LogP contribution in [0.5, 0.6) is 0 Å². The fourth-order valence-corrected chi connectivity index (χ4v) is 3.65. The topological polar surface area (TPSA) is 63.2 Å². The van der Waals surface area contributed by atoms with Crippen LogP contribution in [0.2, 0.25) is 0 Å².